The third kappa shape index (κ3) is 4.54. The summed E-state index contributed by atoms with van der Waals surface area (Å²) in [4.78, 5) is 30.9. The van der Waals surface area contributed by atoms with Crippen molar-refractivity contribution in [3.05, 3.63) is 71.1 Å². The van der Waals surface area contributed by atoms with Gasteiger partial charge in [0.2, 0.25) is 11.8 Å². The van der Waals surface area contributed by atoms with Crippen LogP contribution >= 0.6 is 11.3 Å². The number of anilines is 1. The van der Waals surface area contributed by atoms with Crippen molar-refractivity contribution in [1.29, 1.82) is 0 Å². The molecule has 2 amide bonds. The van der Waals surface area contributed by atoms with E-state index in [9.17, 15) is 18.4 Å². The number of benzene rings is 2. The van der Waals surface area contributed by atoms with Gasteiger partial charge in [0.05, 0.1) is 11.6 Å². The van der Waals surface area contributed by atoms with E-state index in [1.165, 1.54) is 17.4 Å². The van der Waals surface area contributed by atoms with E-state index >= 15 is 0 Å². The molecule has 3 aromatic rings. The first-order valence-corrected chi connectivity index (χ1v) is 10.4. The van der Waals surface area contributed by atoms with Crippen LogP contribution in [0.3, 0.4) is 0 Å². The average molecular weight is 427 g/mol. The molecule has 5 nitrogen and oxygen atoms in total. The third-order valence-corrected chi connectivity index (χ3v) is 5.81. The van der Waals surface area contributed by atoms with Gasteiger partial charge in [-0.15, -0.1) is 11.3 Å². The Balaban J connectivity index is 1.34. The van der Waals surface area contributed by atoms with Gasteiger partial charge in [-0.3, -0.25) is 9.59 Å². The molecule has 1 N–H and O–H groups in total. The summed E-state index contributed by atoms with van der Waals surface area (Å²) in [6.07, 6.45) is 0.910. The number of hydrogen-bond donors (Lipinski definition) is 1. The van der Waals surface area contributed by atoms with Crippen LogP contribution in [0.25, 0.3) is 11.3 Å². The number of carbonyl (C=O) groups excluding carboxylic acids is 2. The van der Waals surface area contributed by atoms with Gasteiger partial charge in [0.25, 0.3) is 0 Å². The fourth-order valence-corrected chi connectivity index (χ4v) is 4.12. The molecule has 1 unspecified atom stereocenters. The van der Waals surface area contributed by atoms with E-state index in [1.807, 2.05) is 30.3 Å². The van der Waals surface area contributed by atoms with E-state index in [0.29, 0.717) is 29.5 Å². The zero-order chi connectivity index (χ0) is 21.1. The van der Waals surface area contributed by atoms with Crippen molar-refractivity contribution in [3.8, 4) is 11.3 Å². The number of likely N-dealkylation sites (tertiary alicyclic amines) is 1. The third-order valence-electron chi connectivity index (χ3n) is 5.05. The van der Waals surface area contributed by atoms with Crippen molar-refractivity contribution < 1.29 is 18.4 Å². The highest BCUT2D eigenvalue weighted by Gasteiger charge is 2.34. The maximum atomic E-state index is 13.4. The number of nitrogens with zero attached hydrogens (tertiary/aromatic N) is 2. The molecule has 2 heterocycles. The first-order valence-electron chi connectivity index (χ1n) is 9.53. The summed E-state index contributed by atoms with van der Waals surface area (Å²) in [5.74, 6) is -2.62. The molecule has 1 aromatic heterocycles. The lowest BCUT2D eigenvalue weighted by molar-refractivity contribution is -0.128. The van der Waals surface area contributed by atoms with Gasteiger partial charge in [-0.1, -0.05) is 30.3 Å². The van der Waals surface area contributed by atoms with Gasteiger partial charge in [0.1, 0.15) is 0 Å². The number of amides is 2. The zero-order valence-corrected chi connectivity index (χ0v) is 16.8. The molecule has 1 atom stereocenters. The zero-order valence-electron chi connectivity index (χ0n) is 16.0. The van der Waals surface area contributed by atoms with Crippen molar-refractivity contribution in [2.75, 3.05) is 18.4 Å². The molecule has 1 fully saturated rings. The number of rotatable bonds is 6. The molecule has 1 saturated heterocycles. The molecule has 4 rings (SSSR count). The van der Waals surface area contributed by atoms with Crippen LogP contribution in [0.2, 0.25) is 0 Å². The lowest BCUT2D eigenvalue weighted by Crippen LogP contribution is -2.30. The number of halogens is 2. The van der Waals surface area contributed by atoms with E-state index in [4.69, 9.17) is 0 Å². The lowest BCUT2D eigenvalue weighted by atomic mass is 10.1. The van der Waals surface area contributed by atoms with Crippen molar-refractivity contribution >= 4 is 28.3 Å². The quantitative estimate of drug-likeness (QED) is 0.644. The predicted molar refractivity (Wildman–Crippen MR) is 111 cm³/mol. The van der Waals surface area contributed by atoms with E-state index in [2.05, 4.69) is 10.3 Å². The van der Waals surface area contributed by atoms with Crippen LogP contribution in [0, 0.1) is 17.6 Å². The molecular weight excluding hydrogens is 408 g/mol. The van der Waals surface area contributed by atoms with E-state index in [0.717, 1.165) is 24.1 Å². The van der Waals surface area contributed by atoms with Crippen LogP contribution in [0.5, 0.6) is 0 Å². The van der Waals surface area contributed by atoms with Crippen LogP contribution in [0.15, 0.2) is 53.9 Å². The van der Waals surface area contributed by atoms with Crippen LogP contribution in [0.4, 0.5) is 13.9 Å². The molecule has 0 bridgehead atoms. The number of thiazole rings is 1. The number of aromatic nitrogens is 1. The normalized spacial score (nSPS) is 16.1. The van der Waals surface area contributed by atoms with E-state index in [-0.39, 0.29) is 18.2 Å². The van der Waals surface area contributed by atoms with Gasteiger partial charge in [-0.05, 0) is 30.2 Å². The Hall–Kier alpha value is -3.13. The molecule has 0 aliphatic carbocycles. The van der Waals surface area contributed by atoms with Crippen LogP contribution < -0.4 is 5.32 Å². The summed E-state index contributed by atoms with van der Waals surface area (Å²) < 4.78 is 26.5. The highest BCUT2D eigenvalue weighted by Crippen LogP contribution is 2.27. The Bertz CT molecular complexity index is 1070. The standard InChI is InChI=1S/C22H19F2N3O2S/c23-17-7-6-15(10-18(17)24)19-13-30-22(25-19)26-21(29)16-11-20(28)27(12-16)9-8-14-4-2-1-3-5-14/h1-7,10,13,16H,8-9,11-12H2,(H,25,26,29). The van der Waals surface area contributed by atoms with Gasteiger partial charge in [-0.2, -0.15) is 0 Å². The van der Waals surface area contributed by atoms with Crippen LogP contribution in [-0.2, 0) is 16.0 Å². The fourth-order valence-electron chi connectivity index (χ4n) is 3.40. The maximum Gasteiger partial charge on any atom is 0.231 e. The van der Waals surface area contributed by atoms with Crippen LogP contribution in [0.1, 0.15) is 12.0 Å². The largest absolute Gasteiger partial charge is 0.342 e. The molecule has 8 heteroatoms. The van der Waals surface area contributed by atoms with Gasteiger partial charge in [-0.25, -0.2) is 13.8 Å². The highest BCUT2D eigenvalue weighted by molar-refractivity contribution is 7.14. The summed E-state index contributed by atoms with van der Waals surface area (Å²) >= 11 is 1.19. The predicted octanol–water partition coefficient (Wildman–Crippen LogP) is 4.12. The van der Waals surface area contributed by atoms with Gasteiger partial charge in [0.15, 0.2) is 16.8 Å². The van der Waals surface area contributed by atoms with E-state index < -0.39 is 17.6 Å². The number of nitrogens with one attached hydrogen (secondary N) is 1. The minimum Gasteiger partial charge on any atom is -0.342 e. The summed E-state index contributed by atoms with van der Waals surface area (Å²) in [6.45, 7) is 0.947. The van der Waals surface area contributed by atoms with Gasteiger partial charge >= 0.3 is 0 Å². The Morgan fingerprint density at radius 1 is 1.17 bits per heavy atom. The SMILES string of the molecule is O=C(Nc1nc(-c2ccc(F)c(F)c2)cs1)C1CC(=O)N(CCc2ccccc2)C1. The molecule has 0 radical (unpaired) electrons. The number of carbonyl (C=O) groups is 2. The first kappa shape index (κ1) is 20.2. The topological polar surface area (TPSA) is 62.3 Å². The monoisotopic (exact) mass is 427 g/mol. The van der Waals surface area contributed by atoms with Gasteiger partial charge < -0.3 is 10.2 Å². The smallest absolute Gasteiger partial charge is 0.231 e. The van der Waals surface area contributed by atoms with Crippen molar-refractivity contribution in [2.24, 2.45) is 5.92 Å². The molecule has 2 aromatic carbocycles. The first-order chi connectivity index (χ1) is 14.5. The second kappa shape index (κ2) is 8.71. The van der Waals surface area contributed by atoms with Crippen molar-refractivity contribution in [1.82, 2.24) is 9.88 Å². The second-order valence-corrected chi connectivity index (χ2v) is 7.99. The van der Waals surface area contributed by atoms with Crippen molar-refractivity contribution in [3.63, 3.8) is 0 Å². The molecule has 30 heavy (non-hydrogen) atoms. The second-order valence-electron chi connectivity index (χ2n) is 7.13. The van der Waals surface area contributed by atoms with Gasteiger partial charge in [0, 0.05) is 30.5 Å². The Morgan fingerprint density at radius 3 is 2.73 bits per heavy atom. The van der Waals surface area contributed by atoms with E-state index in [1.54, 1.807) is 10.3 Å². The molecule has 1 aliphatic heterocycles. The minimum absolute atomic E-state index is 0.0345. The summed E-state index contributed by atoms with van der Waals surface area (Å²) in [5, 5.41) is 4.75. The lowest BCUT2D eigenvalue weighted by Gasteiger charge is -2.16. The molecule has 0 saturated carbocycles. The summed E-state index contributed by atoms with van der Waals surface area (Å²) in [6, 6.07) is 13.4. The minimum atomic E-state index is -0.953. The maximum absolute atomic E-state index is 13.4. The molecular formula is C22H19F2N3O2S. The summed E-state index contributed by atoms with van der Waals surface area (Å²) in [5.41, 5.74) is 2.01. The molecule has 154 valence electrons. The molecule has 1 aliphatic rings. The Kier molecular flexibility index (Phi) is 5.85. The Labute approximate surface area is 176 Å². The average Bonchev–Trinajstić information content (AvgIpc) is 3.36. The van der Waals surface area contributed by atoms with Crippen molar-refractivity contribution in [2.45, 2.75) is 12.8 Å². The Morgan fingerprint density at radius 2 is 1.97 bits per heavy atom. The number of hydrogen-bond acceptors (Lipinski definition) is 4. The molecule has 0 spiro atoms. The summed E-state index contributed by atoms with van der Waals surface area (Å²) in [7, 11) is 0. The van der Waals surface area contributed by atoms with Crippen LogP contribution in [-0.4, -0.2) is 34.8 Å². The fraction of sp³-hybridized carbons (Fsp3) is 0.227. The highest BCUT2D eigenvalue weighted by atomic mass is 32.1.